The predicted octanol–water partition coefficient (Wildman–Crippen LogP) is 2.29. The summed E-state index contributed by atoms with van der Waals surface area (Å²) in [5.41, 5.74) is 4.06. The summed E-state index contributed by atoms with van der Waals surface area (Å²) in [6, 6.07) is 1.54. The molecule has 3 nitrogen and oxygen atoms in total. The lowest BCUT2D eigenvalue weighted by atomic mass is 10.1. The highest BCUT2D eigenvalue weighted by molar-refractivity contribution is 6.33. The second-order valence-corrected chi connectivity index (χ2v) is 4.33. The molecule has 0 bridgehead atoms. The van der Waals surface area contributed by atoms with E-state index in [1.807, 2.05) is 0 Å². The molecule has 0 heterocycles. The Bertz CT molecular complexity index is 406. The van der Waals surface area contributed by atoms with Gasteiger partial charge in [0.05, 0.1) is 16.2 Å². The van der Waals surface area contributed by atoms with Gasteiger partial charge >= 0.3 is 0 Å². The van der Waals surface area contributed by atoms with Crippen molar-refractivity contribution in [3.8, 4) is 0 Å². The molecule has 0 fully saturated rings. The first-order chi connectivity index (χ1) is 7.21. The molecule has 16 heavy (non-hydrogen) atoms. The molecule has 0 spiro atoms. The lowest BCUT2D eigenvalue weighted by Gasteiger charge is -2.18. The second kappa shape index (κ2) is 4.35. The smallest absolute Gasteiger partial charge is 0.243 e. The van der Waals surface area contributed by atoms with Gasteiger partial charge in [0.2, 0.25) is 5.91 Å². The fraction of sp³-hybridized carbons (Fsp3) is 0.300. The fourth-order valence-electron chi connectivity index (χ4n) is 0.936. The zero-order valence-corrected chi connectivity index (χ0v) is 9.53. The lowest BCUT2D eigenvalue weighted by Crippen LogP contribution is -2.45. The zero-order valence-electron chi connectivity index (χ0n) is 8.77. The average molecular weight is 249 g/mol. The molecule has 88 valence electrons. The van der Waals surface area contributed by atoms with E-state index in [1.165, 1.54) is 13.8 Å². The highest BCUT2D eigenvalue weighted by Gasteiger charge is 2.24. The molecule has 0 saturated heterocycles. The molecule has 1 rings (SSSR count). The monoisotopic (exact) mass is 248 g/mol. The Kier molecular flexibility index (Phi) is 3.50. The molecular weight excluding hydrogens is 238 g/mol. The Morgan fingerprint density at radius 1 is 1.44 bits per heavy atom. The Morgan fingerprint density at radius 2 is 2.00 bits per heavy atom. The Hall–Kier alpha value is -1.20. The molecule has 1 amide bonds. The summed E-state index contributed by atoms with van der Waals surface area (Å²) in [5, 5.41) is 2.00. The number of carbonyl (C=O) groups is 1. The van der Waals surface area contributed by atoms with Gasteiger partial charge in [-0.1, -0.05) is 11.6 Å². The van der Waals surface area contributed by atoms with Gasteiger partial charge < -0.3 is 11.1 Å². The van der Waals surface area contributed by atoms with E-state index in [1.54, 1.807) is 0 Å². The van der Waals surface area contributed by atoms with E-state index in [0.29, 0.717) is 6.07 Å². The van der Waals surface area contributed by atoms with Crippen LogP contribution in [-0.4, -0.2) is 11.4 Å². The summed E-state index contributed by atoms with van der Waals surface area (Å²) in [5.74, 6) is -2.37. The van der Waals surface area contributed by atoms with Crippen LogP contribution in [0.15, 0.2) is 12.1 Å². The van der Waals surface area contributed by atoms with E-state index in [9.17, 15) is 13.6 Å². The van der Waals surface area contributed by atoms with Crippen LogP contribution in [-0.2, 0) is 4.79 Å². The largest absolute Gasteiger partial charge is 0.321 e. The Morgan fingerprint density at radius 3 is 2.44 bits per heavy atom. The van der Waals surface area contributed by atoms with Gasteiger partial charge in [0.25, 0.3) is 0 Å². The molecule has 0 saturated carbocycles. The van der Waals surface area contributed by atoms with Crippen LogP contribution in [0.3, 0.4) is 0 Å². The van der Waals surface area contributed by atoms with Crippen molar-refractivity contribution in [2.45, 2.75) is 19.4 Å². The molecule has 6 heteroatoms. The number of nitrogens with one attached hydrogen (secondary N) is 1. The highest BCUT2D eigenvalue weighted by Crippen LogP contribution is 2.26. The SMILES string of the molecule is CC(C)(N)C(=O)Nc1c(F)cc(F)cc1Cl. The van der Waals surface area contributed by atoms with Crippen LogP contribution in [0, 0.1) is 11.6 Å². The van der Waals surface area contributed by atoms with E-state index in [0.717, 1.165) is 6.07 Å². The predicted molar refractivity (Wildman–Crippen MR) is 58.3 cm³/mol. The van der Waals surface area contributed by atoms with Gasteiger partial charge in [0.1, 0.15) is 5.82 Å². The molecule has 1 aromatic rings. The fourth-order valence-corrected chi connectivity index (χ4v) is 1.18. The van der Waals surface area contributed by atoms with Gasteiger partial charge in [-0.05, 0) is 19.9 Å². The van der Waals surface area contributed by atoms with Gasteiger partial charge in [0, 0.05) is 6.07 Å². The van der Waals surface area contributed by atoms with E-state index in [2.05, 4.69) is 5.32 Å². The maximum atomic E-state index is 13.3. The van der Waals surface area contributed by atoms with E-state index < -0.39 is 23.1 Å². The number of hydrogen-bond acceptors (Lipinski definition) is 2. The van der Waals surface area contributed by atoms with Crippen molar-refractivity contribution in [3.05, 3.63) is 28.8 Å². The van der Waals surface area contributed by atoms with Gasteiger partial charge in [-0.25, -0.2) is 8.78 Å². The summed E-state index contributed by atoms with van der Waals surface area (Å²) >= 11 is 5.59. The van der Waals surface area contributed by atoms with E-state index in [4.69, 9.17) is 17.3 Å². The third-order valence-electron chi connectivity index (χ3n) is 1.83. The van der Waals surface area contributed by atoms with Crippen LogP contribution >= 0.6 is 11.6 Å². The van der Waals surface area contributed by atoms with Crippen LogP contribution in [0.5, 0.6) is 0 Å². The molecular formula is C10H11ClF2N2O. The topological polar surface area (TPSA) is 55.1 Å². The maximum absolute atomic E-state index is 13.3. The average Bonchev–Trinajstić information content (AvgIpc) is 2.08. The van der Waals surface area contributed by atoms with Crippen molar-refractivity contribution in [1.29, 1.82) is 0 Å². The normalized spacial score (nSPS) is 11.4. The molecule has 1 aromatic carbocycles. The summed E-state index contributed by atoms with van der Waals surface area (Å²) < 4.78 is 26.0. The number of hydrogen-bond donors (Lipinski definition) is 2. The Labute approximate surface area is 96.6 Å². The van der Waals surface area contributed by atoms with Crippen LogP contribution in [0.2, 0.25) is 5.02 Å². The lowest BCUT2D eigenvalue weighted by molar-refractivity contribution is -0.120. The maximum Gasteiger partial charge on any atom is 0.243 e. The summed E-state index contributed by atoms with van der Waals surface area (Å²) in [4.78, 5) is 11.5. The third kappa shape index (κ3) is 2.90. The van der Waals surface area contributed by atoms with Gasteiger partial charge in [-0.2, -0.15) is 0 Å². The number of halogens is 3. The number of rotatable bonds is 2. The molecule has 0 aliphatic heterocycles. The van der Waals surface area contributed by atoms with E-state index in [-0.39, 0.29) is 10.7 Å². The van der Waals surface area contributed by atoms with Crippen LogP contribution in [0.25, 0.3) is 0 Å². The molecule has 0 aliphatic carbocycles. The van der Waals surface area contributed by atoms with Gasteiger partial charge in [-0.15, -0.1) is 0 Å². The van der Waals surface area contributed by atoms with Crippen molar-refractivity contribution in [1.82, 2.24) is 0 Å². The molecule has 0 atom stereocenters. The first-order valence-corrected chi connectivity index (χ1v) is 4.84. The third-order valence-corrected chi connectivity index (χ3v) is 2.13. The van der Waals surface area contributed by atoms with E-state index >= 15 is 0 Å². The zero-order chi connectivity index (χ0) is 12.5. The standard InChI is InChI=1S/C10H11ClF2N2O/c1-10(2,14)9(16)15-8-6(11)3-5(12)4-7(8)13/h3-4H,14H2,1-2H3,(H,15,16). The Balaban J connectivity index is 3.03. The minimum Gasteiger partial charge on any atom is -0.321 e. The highest BCUT2D eigenvalue weighted by atomic mass is 35.5. The number of nitrogens with two attached hydrogens (primary N) is 1. The quantitative estimate of drug-likeness (QED) is 0.844. The van der Waals surface area contributed by atoms with Crippen molar-refractivity contribution >= 4 is 23.2 Å². The second-order valence-electron chi connectivity index (χ2n) is 3.92. The van der Waals surface area contributed by atoms with Gasteiger partial charge in [-0.3, -0.25) is 4.79 Å². The number of benzene rings is 1. The first-order valence-electron chi connectivity index (χ1n) is 4.46. The minimum atomic E-state index is -1.18. The van der Waals surface area contributed by atoms with Crippen LogP contribution in [0.4, 0.5) is 14.5 Å². The number of anilines is 1. The molecule has 0 unspecified atom stereocenters. The number of amides is 1. The van der Waals surface area contributed by atoms with Crippen molar-refractivity contribution in [2.75, 3.05) is 5.32 Å². The van der Waals surface area contributed by atoms with Crippen molar-refractivity contribution in [3.63, 3.8) is 0 Å². The van der Waals surface area contributed by atoms with Crippen molar-refractivity contribution < 1.29 is 13.6 Å². The molecule has 0 aromatic heterocycles. The summed E-state index contributed by atoms with van der Waals surface area (Å²) in [7, 11) is 0. The van der Waals surface area contributed by atoms with Crippen molar-refractivity contribution in [2.24, 2.45) is 5.73 Å². The number of carbonyl (C=O) groups excluding carboxylic acids is 1. The van der Waals surface area contributed by atoms with Gasteiger partial charge in [0.15, 0.2) is 5.82 Å². The van der Waals surface area contributed by atoms with Crippen LogP contribution < -0.4 is 11.1 Å². The molecule has 0 radical (unpaired) electrons. The molecule has 3 N–H and O–H groups in total. The summed E-state index contributed by atoms with van der Waals surface area (Å²) in [6.07, 6.45) is 0. The minimum absolute atomic E-state index is 0.213. The van der Waals surface area contributed by atoms with Crippen LogP contribution in [0.1, 0.15) is 13.8 Å². The summed E-state index contributed by atoms with van der Waals surface area (Å²) in [6.45, 7) is 2.91. The molecule has 0 aliphatic rings. The first kappa shape index (κ1) is 12.9.